The summed E-state index contributed by atoms with van der Waals surface area (Å²) in [7, 11) is 1.62. The third-order valence-corrected chi connectivity index (χ3v) is 3.68. The normalized spacial score (nSPS) is 18.9. The van der Waals surface area contributed by atoms with Gasteiger partial charge in [-0.2, -0.15) is 4.98 Å². The lowest BCUT2D eigenvalue weighted by Crippen LogP contribution is -2.37. The van der Waals surface area contributed by atoms with Gasteiger partial charge in [-0.05, 0) is 12.8 Å². The average Bonchev–Trinajstić information content (AvgIpc) is 2.74. The second kappa shape index (κ2) is 3.97. The van der Waals surface area contributed by atoms with Crippen molar-refractivity contribution in [3.8, 4) is 0 Å². The number of anilines is 1. The van der Waals surface area contributed by atoms with E-state index in [-0.39, 0.29) is 5.56 Å². The Morgan fingerprint density at radius 2 is 2.11 bits per heavy atom. The van der Waals surface area contributed by atoms with Gasteiger partial charge in [-0.3, -0.25) is 14.3 Å². The van der Waals surface area contributed by atoms with E-state index in [1.54, 1.807) is 7.05 Å². The quantitative estimate of drug-likeness (QED) is 0.779. The van der Waals surface area contributed by atoms with Crippen LogP contribution in [0.1, 0.15) is 13.8 Å². The summed E-state index contributed by atoms with van der Waals surface area (Å²) in [6.07, 6.45) is 0. The van der Waals surface area contributed by atoms with Crippen molar-refractivity contribution in [2.75, 3.05) is 18.0 Å². The van der Waals surface area contributed by atoms with Crippen LogP contribution >= 0.6 is 0 Å². The van der Waals surface area contributed by atoms with Crippen molar-refractivity contribution in [3.05, 3.63) is 20.8 Å². The van der Waals surface area contributed by atoms with E-state index in [2.05, 4.69) is 28.7 Å². The summed E-state index contributed by atoms with van der Waals surface area (Å²) in [5.41, 5.74) is 0.157. The summed E-state index contributed by atoms with van der Waals surface area (Å²) in [5.74, 6) is 1.23. The van der Waals surface area contributed by atoms with E-state index in [9.17, 15) is 9.59 Å². The average molecular weight is 263 g/mol. The highest BCUT2D eigenvalue weighted by molar-refractivity contribution is 5.74. The number of rotatable bonds is 1. The molecule has 19 heavy (non-hydrogen) atoms. The molecular formula is C12H17N5O2. The minimum absolute atomic E-state index is 0.359. The van der Waals surface area contributed by atoms with Gasteiger partial charge in [0, 0.05) is 26.7 Å². The molecule has 7 nitrogen and oxygen atoms in total. The molecule has 1 atom stereocenters. The fraction of sp³-hybridized carbons (Fsp3) is 0.583. The third-order valence-electron chi connectivity index (χ3n) is 3.68. The van der Waals surface area contributed by atoms with Crippen molar-refractivity contribution < 1.29 is 0 Å². The molecule has 1 aliphatic heterocycles. The highest BCUT2D eigenvalue weighted by Gasteiger charge is 2.26. The summed E-state index contributed by atoms with van der Waals surface area (Å²) in [6.45, 7) is 6.72. The van der Waals surface area contributed by atoms with Crippen LogP contribution in [0.3, 0.4) is 0 Å². The number of H-pyrrole nitrogens is 1. The van der Waals surface area contributed by atoms with E-state index < -0.39 is 5.69 Å². The predicted molar refractivity (Wildman–Crippen MR) is 72.6 cm³/mol. The largest absolute Gasteiger partial charge is 0.342 e. The Morgan fingerprint density at radius 1 is 1.37 bits per heavy atom. The zero-order valence-electron chi connectivity index (χ0n) is 11.3. The van der Waals surface area contributed by atoms with Gasteiger partial charge in [0.25, 0.3) is 5.56 Å². The molecule has 7 heteroatoms. The molecule has 0 aromatic carbocycles. The lowest BCUT2D eigenvalue weighted by molar-refractivity contribution is 0.440. The van der Waals surface area contributed by atoms with Gasteiger partial charge in [-0.25, -0.2) is 4.79 Å². The zero-order chi connectivity index (χ0) is 13.7. The first-order chi connectivity index (χ1) is 9.02. The van der Waals surface area contributed by atoms with Crippen LogP contribution in [0.5, 0.6) is 0 Å². The fourth-order valence-electron chi connectivity index (χ4n) is 2.74. The molecule has 0 saturated heterocycles. The first-order valence-corrected chi connectivity index (χ1v) is 6.47. The second-order valence-electron chi connectivity index (χ2n) is 5.16. The first-order valence-electron chi connectivity index (χ1n) is 6.47. The van der Waals surface area contributed by atoms with Crippen molar-refractivity contribution in [3.63, 3.8) is 0 Å². The molecular weight excluding hydrogens is 246 g/mol. The standard InChI is InChI=1S/C12H17N5O2/c1-4-16-5-7(2)6-17-8-9(13-11(16)17)15(3)12(19)14-10(8)18/h7H,4-6H2,1-3H3,(H,14,18,19)/t7-/m0/s1. The number of nitrogens with one attached hydrogen (secondary N) is 1. The number of aromatic nitrogens is 4. The van der Waals surface area contributed by atoms with E-state index in [1.807, 2.05) is 4.57 Å². The molecule has 2 aromatic heterocycles. The molecule has 0 fully saturated rings. The number of nitrogens with zero attached hydrogens (tertiary/aromatic N) is 4. The van der Waals surface area contributed by atoms with Gasteiger partial charge >= 0.3 is 5.69 Å². The molecule has 1 N–H and O–H groups in total. The van der Waals surface area contributed by atoms with E-state index in [1.165, 1.54) is 4.57 Å². The molecule has 0 radical (unpaired) electrons. The number of hydrogen-bond donors (Lipinski definition) is 1. The molecule has 0 saturated carbocycles. The summed E-state index contributed by atoms with van der Waals surface area (Å²) < 4.78 is 3.31. The Kier molecular flexibility index (Phi) is 2.51. The van der Waals surface area contributed by atoms with E-state index in [4.69, 9.17) is 0 Å². The molecule has 2 aromatic rings. The molecule has 0 bridgehead atoms. The summed E-state index contributed by atoms with van der Waals surface area (Å²) in [6, 6.07) is 0. The van der Waals surface area contributed by atoms with Crippen molar-refractivity contribution in [1.29, 1.82) is 0 Å². The summed E-state index contributed by atoms with van der Waals surface area (Å²) >= 11 is 0. The molecule has 3 heterocycles. The van der Waals surface area contributed by atoms with E-state index >= 15 is 0 Å². The van der Waals surface area contributed by atoms with E-state index in [0.717, 1.165) is 25.6 Å². The first kappa shape index (κ1) is 12.0. The number of aryl methyl sites for hydroxylation is 1. The maximum atomic E-state index is 12.0. The van der Waals surface area contributed by atoms with Crippen LogP contribution in [0.2, 0.25) is 0 Å². The molecule has 102 valence electrons. The Balaban J connectivity index is 2.41. The van der Waals surface area contributed by atoms with Gasteiger partial charge in [0.2, 0.25) is 5.95 Å². The van der Waals surface area contributed by atoms with Crippen molar-refractivity contribution >= 4 is 17.1 Å². The summed E-state index contributed by atoms with van der Waals surface area (Å²) in [5, 5.41) is 0. The third kappa shape index (κ3) is 1.61. The Hall–Kier alpha value is -2.05. The topological polar surface area (TPSA) is 75.9 Å². The van der Waals surface area contributed by atoms with Crippen molar-refractivity contribution in [2.24, 2.45) is 13.0 Å². The fourth-order valence-corrected chi connectivity index (χ4v) is 2.74. The van der Waals surface area contributed by atoms with Gasteiger partial charge in [0.05, 0.1) is 0 Å². The zero-order valence-corrected chi connectivity index (χ0v) is 11.3. The van der Waals surface area contributed by atoms with Crippen LogP contribution in [0.4, 0.5) is 5.95 Å². The second-order valence-corrected chi connectivity index (χ2v) is 5.16. The lowest BCUT2D eigenvalue weighted by atomic mass is 10.1. The molecule has 0 spiro atoms. The minimum Gasteiger partial charge on any atom is -0.342 e. The van der Waals surface area contributed by atoms with Crippen LogP contribution in [0, 0.1) is 5.92 Å². The monoisotopic (exact) mass is 263 g/mol. The highest BCUT2D eigenvalue weighted by atomic mass is 16.2. The van der Waals surface area contributed by atoms with Gasteiger partial charge in [0.15, 0.2) is 11.2 Å². The van der Waals surface area contributed by atoms with Gasteiger partial charge in [0.1, 0.15) is 0 Å². The van der Waals surface area contributed by atoms with Crippen LogP contribution < -0.4 is 16.1 Å². The number of imidazole rings is 1. The lowest BCUT2D eigenvalue weighted by Gasteiger charge is -2.31. The van der Waals surface area contributed by atoms with Crippen molar-refractivity contribution in [1.82, 2.24) is 19.1 Å². The molecule has 0 unspecified atom stereocenters. The minimum atomic E-state index is -0.427. The Labute approximate surface area is 109 Å². The number of fused-ring (bicyclic) bond motifs is 3. The van der Waals surface area contributed by atoms with Gasteiger partial charge < -0.3 is 9.47 Å². The van der Waals surface area contributed by atoms with E-state index in [0.29, 0.717) is 17.1 Å². The Morgan fingerprint density at radius 3 is 2.79 bits per heavy atom. The number of aromatic amines is 1. The molecule has 1 aliphatic rings. The maximum absolute atomic E-state index is 12.0. The predicted octanol–water partition coefficient (Wildman–Crippen LogP) is -0.101. The summed E-state index contributed by atoms with van der Waals surface area (Å²) in [4.78, 5) is 32.6. The van der Waals surface area contributed by atoms with Crippen LogP contribution in [-0.4, -0.2) is 32.2 Å². The van der Waals surface area contributed by atoms with Gasteiger partial charge in [-0.1, -0.05) is 6.92 Å². The van der Waals surface area contributed by atoms with Gasteiger partial charge in [-0.15, -0.1) is 0 Å². The van der Waals surface area contributed by atoms with Crippen LogP contribution in [0.15, 0.2) is 9.59 Å². The molecule has 0 amide bonds. The van der Waals surface area contributed by atoms with Crippen molar-refractivity contribution in [2.45, 2.75) is 20.4 Å². The Bertz CT molecular complexity index is 754. The number of hydrogen-bond acceptors (Lipinski definition) is 4. The van der Waals surface area contributed by atoms with Crippen LogP contribution in [0.25, 0.3) is 11.2 Å². The maximum Gasteiger partial charge on any atom is 0.329 e. The molecule has 3 rings (SSSR count). The SMILES string of the molecule is CCN1C[C@H](C)Cn2c1nc1c2c(=O)[nH]c(=O)n1C. The highest BCUT2D eigenvalue weighted by Crippen LogP contribution is 2.25. The molecule has 0 aliphatic carbocycles. The smallest absolute Gasteiger partial charge is 0.329 e. The van der Waals surface area contributed by atoms with Crippen LogP contribution in [-0.2, 0) is 13.6 Å².